The summed E-state index contributed by atoms with van der Waals surface area (Å²) < 4.78 is 20.4. The van der Waals surface area contributed by atoms with Crippen LogP contribution in [0.1, 0.15) is 53.2 Å². The molecule has 2 heterocycles. The molecule has 0 N–H and O–H groups in total. The van der Waals surface area contributed by atoms with E-state index >= 15 is 0 Å². The van der Waals surface area contributed by atoms with E-state index in [1.807, 2.05) is 4.90 Å². The molecule has 2 atom stereocenters. The Kier molecular flexibility index (Phi) is 8.73. The maximum absolute atomic E-state index is 15.0. The predicted molar refractivity (Wildman–Crippen MR) is 171 cm³/mol. The lowest BCUT2D eigenvalue weighted by molar-refractivity contribution is -0.384. The number of nitro groups is 1. The SMILES string of the molecule is Cc1onc(-c2c(F)cccc2Cl)c1C(=O)N(CCN1CCN(C(=O)c2ccc([N+](=O)[O-])cc2)CC1)CC1=CCC2CC1C2(C)C. The molecular formula is C34H37ClFN5O5. The molecule has 46 heavy (non-hydrogen) atoms. The lowest BCUT2D eigenvalue weighted by Crippen LogP contribution is -2.52. The van der Waals surface area contributed by atoms with Gasteiger partial charge in [0.25, 0.3) is 17.5 Å². The van der Waals surface area contributed by atoms with Gasteiger partial charge in [-0.2, -0.15) is 0 Å². The Balaban J connectivity index is 1.18. The summed E-state index contributed by atoms with van der Waals surface area (Å²) in [4.78, 5) is 43.6. The van der Waals surface area contributed by atoms with Gasteiger partial charge in [-0.15, -0.1) is 0 Å². The lowest BCUT2D eigenvalue weighted by Gasteiger charge is -2.57. The molecule has 4 aliphatic rings. The van der Waals surface area contributed by atoms with Gasteiger partial charge in [0.1, 0.15) is 22.8 Å². The van der Waals surface area contributed by atoms with E-state index in [-0.39, 0.29) is 44.8 Å². The number of hydrogen-bond donors (Lipinski definition) is 0. The second-order valence-electron chi connectivity index (χ2n) is 13.0. The molecule has 2 bridgehead atoms. The van der Waals surface area contributed by atoms with Crippen LogP contribution in [-0.2, 0) is 0 Å². The van der Waals surface area contributed by atoms with E-state index in [0.29, 0.717) is 69.0 Å². The van der Waals surface area contributed by atoms with E-state index in [2.05, 4.69) is 30.0 Å². The van der Waals surface area contributed by atoms with Crippen LogP contribution in [0.3, 0.4) is 0 Å². The van der Waals surface area contributed by atoms with Crippen LogP contribution in [0.15, 0.2) is 58.6 Å². The number of halogens is 2. The Morgan fingerprint density at radius 1 is 1.15 bits per heavy atom. The van der Waals surface area contributed by atoms with E-state index in [0.717, 1.165) is 12.8 Å². The van der Waals surface area contributed by atoms with Gasteiger partial charge in [-0.1, -0.05) is 48.3 Å². The van der Waals surface area contributed by atoms with Crippen molar-refractivity contribution in [3.05, 3.63) is 92.0 Å². The monoisotopic (exact) mass is 649 g/mol. The highest BCUT2D eigenvalue weighted by atomic mass is 35.5. The summed E-state index contributed by atoms with van der Waals surface area (Å²) >= 11 is 6.38. The third-order valence-electron chi connectivity index (χ3n) is 10.2. The first-order chi connectivity index (χ1) is 22.0. The standard InChI is InChI=1S/C34H37ClFN5O5/c1-21-29(31(37-46-21)30-27(35)5-4-6-28(30)36)33(43)40(20-23-7-10-24-19-26(23)34(24,2)3)18-15-38-13-16-39(17-14-38)32(42)22-8-11-25(12-9-22)41(44)45/h4-9,11-12,24,26H,10,13-20H2,1-3H3. The third-order valence-corrected chi connectivity index (χ3v) is 10.5. The van der Waals surface area contributed by atoms with Crippen LogP contribution in [0.4, 0.5) is 10.1 Å². The predicted octanol–water partition coefficient (Wildman–Crippen LogP) is 6.24. The molecule has 2 amide bonds. The fraction of sp³-hybridized carbons (Fsp3) is 0.441. The zero-order valence-corrected chi connectivity index (χ0v) is 26.9. The second-order valence-corrected chi connectivity index (χ2v) is 13.5. The first-order valence-corrected chi connectivity index (χ1v) is 16.0. The molecular weight excluding hydrogens is 613 g/mol. The van der Waals surface area contributed by atoms with Crippen LogP contribution in [0.5, 0.6) is 0 Å². The summed E-state index contributed by atoms with van der Waals surface area (Å²) in [5.74, 6) is 0.314. The van der Waals surface area contributed by atoms with E-state index < -0.39 is 10.7 Å². The topological polar surface area (TPSA) is 113 Å². The Labute approximate surface area is 271 Å². The van der Waals surface area contributed by atoms with Crippen LogP contribution in [-0.4, -0.2) is 82.4 Å². The quantitative estimate of drug-likeness (QED) is 0.153. The van der Waals surface area contributed by atoms with Crippen LogP contribution >= 0.6 is 11.6 Å². The number of fused-ring (bicyclic) bond motifs is 1. The molecule has 1 aromatic heterocycles. The Hall–Kier alpha value is -4.09. The van der Waals surface area contributed by atoms with Crippen molar-refractivity contribution >= 4 is 29.1 Å². The first kappa shape index (κ1) is 31.9. The Morgan fingerprint density at radius 3 is 2.50 bits per heavy atom. The minimum atomic E-state index is -0.584. The molecule has 1 saturated carbocycles. The summed E-state index contributed by atoms with van der Waals surface area (Å²) in [5, 5.41) is 15.2. The number of hydrogen-bond acceptors (Lipinski definition) is 7. The zero-order valence-electron chi connectivity index (χ0n) is 26.2. The maximum atomic E-state index is 15.0. The molecule has 1 saturated heterocycles. The van der Waals surface area contributed by atoms with Crippen molar-refractivity contribution in [3.8, 4) is 11.3 Å². The van der Waals surface area contributed by atoms with Crippen molar-refractivity contribution in [1.82, 2.24) is 19.9 Å². The number of rotatable bonds is 9. The van der Waals surface area contributed by atoms with Crippen molar-refractivity contribution < 1.29 is 23.4 Å². The normalized spacial score (nSPS) is 20.5. The fourth-order valence-corrected chi connectivity index (χ4v) is 7.40. The molecule has 0 radical (unpaired) electrons. The van der Waals surface area contributed by atoms with Crippen LogP contribution < -0.4 is 0 Å². The van der Waals surface area contributed by atoms with Gasteiger partial charge in [0, 0.05) is 63.5 Å². The van der Waals surface area contributed by atoms with Gasteiger partial charge < -0.3 is 14.3 Å². The molecule has 12 heteroatoms. The smallest absolute Gasteiger partial charge is 0.269 e. The minimum Gasteiger partial charge on any atom is -0.360 e. The molecule has 3 aliphatic carbocycles. The largest absolute Gasteiger partial charge is 0.360 e. The highest BCUT2D eigenvalue weighted by Crippen LogP contribution is 2.59. The van der Waals surface area contributed by atoms with Crippen molar-refractivity contribution in [3.63, 3.8) is 0 Å². The van der Waals surface area contributed by atoms with Crippen molar-refractivity contribution in [2.75, 3.05) is 45.8 Å². The molecule has 242 valence electrons. The van der Waals surface area contributed by atoms with Crippen LogP contribution in [0.2, 0.25) is 5.02 Å². The summed E-state index contributed by atoms with van der Waals surface area (Å²) in [5.41, 5.74) is 2.12. The van der Waals surface area contributed by atoms with Gasteiger partial charge in [0.15, 0.2) is 0 Å². The van der Waals surface area contributed by atoms with E-state index in [1.165, 1.54) is 42.0 Å². The molecule has 2 unspecified atom stereocenters. The molecule has 0 spiro atoms. The Bertz CT molecular complexity index is 1680. The van der Waals surface area contributed by atoms with Crippen molar-refractivity contribution in [1.29, 1.82) is 0 Å². The van der Waals surface area contributed by atoms with Crippen LogP contribution in [0, 0.1) is 40.1 Å². The van der Waals surface area contributed by atoms with Crippen molar-refractivity contribution in [2.24, 2.45) is 17.3 Å². The third kappa shape index (κ3) is 5.93. The van der Waals surface area contributed by atoms with E-state index in [4.69, 9.17) is 16.1 Å². The number of allylic oxidation sites excluding steroid dienone is 1. The van der Waals surface area contributed by atoms with Gasteiger partial charge in [0.2, 0.25) is 0 Å². The number of nitro benzene ring substituents is 1. The maximum Gasteiger partial charge on any atom is 0.269 e. The molecule has 7 rings (SSSR count). The van der Waals surface area contributed by atoms with Crippen LogP contribution in [0.25, 0.3) is 11.3 Å². The second kappa shape index (κ2) is 12.6. The highest BCUT2D eigenvalue weighted by Gasteiger charge is 2.51. The number of piperazine rings is 1. The number of aryl methyl sites for hydroxylation is 1. The number of nitrogens with zero attached hydrogens (tertiary/aromatic N) is 5. The number of aromatic nitrogens is 1. The summed E-state index contributed by atoms with van der Waals surface area (Å²) in [6.45, 7) is 9.90. The fourth-order valence-electron chi connectivity index (χ4n) is 7.15. The summed E-state index contributed by atoms with van der Waals surface area (Å²) in [7, 11) is 0. The zero-order chi connectivity index (χ0) is 32.7. The molecule has 10 nitrogen and oxygen atoms in total. The summed E-state index contributed by atoms with van der Waals surface area (Å²) in [6, 6.07) is 9.99. The number of non-ortho nitro benzene ring substituents is 1. The summed E-state index contributed by atoms with van der Waals surface area (Å²) in [6.07, 6.45) is 4.39. The first-order valence-electron chi connectivity index (χ1n) is 15.6. The average Bonchev–Trinajstić information content (AvgIpc) is 3.42. The van der Waals surface area contributed by atoms with E-state index in [9.17, 15) is 24.1 Å². The average molecular weight is 650 g/mol. The molecule has 3 aromatic rings. The minimum absolute atomic E-state index is 0.0398. The van der Waals surface area contributed by atoms with Gasteiger partial charge in [0.05, 0.1) is 15.5 Å². The van der Waals surface area contributed by atoms with E-state index in [1.54, 1.807) is 17.9 Å². The number of amides is 2. The number of carbonyl (C=O) groups is 2. The molecule has 1 aliphatic heterocycles. The van der Waals surface area contributed by atoms with Gasteiger partial charge >= 0.3 is 0 Å². The lowest BCUT2D eigenvalue weighted by atomic mass is 9.49. The highest BCUT2D eigenvalue weighted by molar-refractivity contribution is 6.33. The van der Waals surface area contributed by atoms with Crippen molar-refractivity contribution in [2.45, 2.75) is 33.6 Å². The van der Waals surface area contributed by atoms with Gasteiger partial charge in [-0.05, 0) is 61.3 Å². The Morgan fingerprint density at radius 2 is 1.87 bits per heavy atom. The number of benzene rings is 2. The van der Waals surface area contributed by atoms with Gasteiger partial charge in [-0.3, -0.25) is 24.6 Å². The van der Waals surface area contributed by atoms with Gasteiger partial charge in [-0.25, -0.2) is 4.39 Å². The number of carbonyl (C=O) groups excluding carboxylic acids is 2. The molecule has 2 fully saturated rings. The molecule has 2 aromatic carbocycles.